The molecule has 3 heteroatoms. The molecule has 16 heavy (non-hydrogen) atoms. The summed E-state index contributed by atoms with van der Waals surface area (Å²) in [5, 5.41) is 9.03. The monoisotopic (exact) mass is 222 g/mol. The van der Waals surface area contributed by atoms with Crippen molar-refractivity contribution in [2.75, 3.05) is 0 Å². The Hall–Kier alpha value is -1.51. The molecule has 0 aliphatic rings. The number of benzene rings is 1. The summed E-state index contributed by atoms with van der Waals surface area (Å²) in [5.41, 5.74) is 1.24. The van der Waals surface area contributed by atoms with Gasteiger partial charge >= 0.3 is 5.97 Å². The van der Waals surface area contributed by atoms with Gasteiger partial charge in [-0.05, 0) is 37.5 Å². The van der Waals surface area contributed by atoms with E-state index in [0.717, 1.165) is 18.4 Å². The molecule has 1 aromatic carbocycles. The summed E-state index contributed by atoms with van der Waals surface area (Å²) in [6.07, 6.45) is 1.84. The first kappa shape index (κ1) is 12.6. The molecular formula is C13H18O3. The zero-order chi connectivity index (χ0) is 12.1. The average Bonchev–Trinajstić information content (AvgIpc) is 2.25. The van der Waals surface area contributed by atoms with Gasteiger partial charge in [-0.25, -0.2) is 4.79 Å². The van der Waals surface area contributed by atoms with Crippen LogP contribution in [0.25, 0.3) is 0 Å². The third-order valence-corrected chi connectivity index (χ3v) is 2.57. The van der Waals surface area contributed by atoms with Crippen LogP contribution in [-0.2, 0) is 0 Å². The lowest BCUT2D eigenvalue weighted by molar-refractivity contribution is 0.0688. The van der Waals surface area contributed by atoms with Crippen molar-refractivity contribution < 1.29 is 14.6 Å². The molecule has 0 aliphatic carbocycles. The molecule has 0 atom stereocenters. The van der Waals surface area contributed by atoms with Gasteiger partial charge in [0.2, 0.25) is 0 Å². The molecule has 88 valence electrons. The molecule has 0 saturated heterocycles. The van der Waals surface area contributed by atoms with Gasteiger partial charge in [0, 0.05) is 0 Å². The van der Waals surface area contributed by atoms with Crippen LogP contribution in [0.5, 0.6) is 5.75 Å². The highest BCUT2D eigenvalue weighted by atomic mass is 16.5. The minimum atomic E-state index is -0.944. The first-order chi connectivity index (χ1) is 7.58. The van der Waals surface area contributed by atoms with E-state index in [1.807, 2.05) is 20.8 Å². The second kappa shape index (κ2) is 5.54. The molecule has 3 nitrogen and oxygen atoms in total. The lowest BCUT2D eigenvalue weighted by atomic mass is 10.1. The van der Waals surface area contributed by atoms with Crippen molar-refractivity contribution in [1.29, 1.82) is 0 Å². The largest absolute Gasteiger partial charge is 0.490 e. The summed E-state index contributed by atoms with van der Waals surface area (Å²) in [5.74, 6) is -0.470. The van der Waals surface area contributed by atoms with Gasteiger partial charge in [-0.1, -0.05) is 19.9 Å². The van der Waals surface area contributed by atoms with Crippen LogP contribution in [-0.4, -0.2) is 17.2 Å². The topological polar surface area (TPSA) is 46.5 Å². The maximum atomic E-state index is 11.0. The second-order valence-corrected chi connectivity index (χ2v) is 3.86. The summed E-state index contributed by atoms with van der Waals surface area (Å²) >= 11 is 0. The van der Waals surface area contributed by atoms with Gasteiger partial charge in [-0.3, -0.25) is 0 Å². The first-order valence-electron chi connectivity index (χ1n) is 5.59. The lowest BCUT2D eigenvalue weighted by Crippen LogP contribution is -2.15. The Labute approximate surface area is 96.1 Å². The van der Waals surface area contributed by atoms with E-state index in [-0.39, 0.29) is 11.7 Å². The molecule has 0 aliphatic heterocycles. The molecule has 0 amide bonds. The number of carbonyl (C=O) groups is 1. The van der Waals surface area contributed by atoms with Crippen molar-refractivity contribution >= 4 is 5.97 Å². The average molecular weight is 222 g/mol. The number of aryl methyl sites for hydroxylation is 1. The van der Waals surface area contributed by atoms with E-state index in [2.05, 4.69) is 0 Å². The Morgan fingerprint density at radius 1 is 1.38 bits per heavy atom. The van der Waals surface area contributed by atoms with Crippen LogP contribution in [0.15, 0.2) is 18.2 Å². The van der Waals surface area contributed by atoms with Crippen molar-refractivity contribution in [3.63, 3.8) is 0 Å². The van der Waals surface area contributed by atoms with Crippen LogP contribution in [0.2, 0.25) is 0 Å². The van der Waals surface area contributed by atoms with Crippen LogP contribution in [0, 0.1) is 6.92 Å². The fourth-order valence-corrected chi connectivity index (χ4v) is 1.54. The van der Waals surface area contributed by atoms with Crippen molar-refractivity contribution in [2.45, 2.75) is 39.7 Å². The first-order valence-corrected chi connectivity index (χ1v) is 5.59. The Balaban J connectivity index is 3.00. The molecule has 0 saturated carbocycles. The number of carboxylic acid groups (broad SMARTS) is 1. The lowest BCUT2D eigenvalue weighted by Gasteiger charge is -2.17. The summed E-state index contributed by atoms with van der Waals surface area (Å²) in [6.45, 7) is 5.99. The number of hydrogen-bond donors (Lipinski definition) is 1. The predicted octanol–water partition coefficient (Wildman–Crippen LogP) is 3.26. The molecule has 0 bridgehead atoms. The molecule has 0 unspecified atom stereocenters. The standard InChI is InChI=1S/C13H18O3/c1-4-10(5-2)16-12-8-9(3)6-7-11(12)13(14)15/h6-8,10H,4-5H2,1-3H3,(H,14,15). The second-order valence-electron chi connectivity index (χ2n) is 3.86. The van der Waals surface area contributed by atoms with E-state index < -0.39 is 5.97 Å². The van der Waals surface area contributed by atoms with E-state index in [4.69, 9.17) is 9.84 Å². The van der Waals surface area contributed by atoms with Crippen molar-refractivity contribution in [3.8, 4) is 5.75 Å². The highest BCUT2D eigenvalue weighted by Gasteiger charge is 2.14. The maximum absolute atomic E-state index is 11.0. The normalized spacial score (nSPS) is 10.5. The Bertz CT molecular complexity index is 367. The molecule has 0 radical (unpaired) electrons. The molecule has 1 aromatic rings. The summed E-state index contributed by atoms with van der Waals surface area (Å²) in [4.78, 5) is 11.0. The quantitative estimate of drug-likeness (QED) is 0.831. The molecular weight excluding hydrogens is 204 g/mol. The van der Waals surface area contributed by atoms with Gasteiger partial charge in [0.25, 0.3) is 0 Å². The van der Waals surface area contributed by atoms with Gasteiger partial charge in [0.15, 0.2) is 0 Å². The Kier molecular flexibility index (Phi) is 4.35. The van der Waals surface area contributed by atoms with Crippen molar-refractivity contribution in [1.82, 2.24) is 0 Å². The Morgan fingerprint density at radius 2 is 2.00 bits per heavy atom. The van der Waals surface area contributed by atoms with Crippen LogP contribution in [0.1, 0.15) is 42.6 Å². The molecule has 0 aromatic heterocycles. The van der Waals surface area contributed by atoms with E-state index in [0.29, 0.717) is 5.75 Å². The van der Waals surface area contributed by atoms with Crippen molar-refractivity contribution in [3.05, 3.63) is 29.3 Å². The van der Waals surface area contributed by atoms with Gasteiger partial charge in [-0.15, -0.1) is 0 Å². The number of ether oxygens (including phenoxy) is 1. The third kappa shape index (κ3) is 2.99. The molecule has 0 spiro atoms. The summed E-state index contributed by atoms with van der Waals surface area (Å²) in [7, 11) is 0. The summed E-state index contributed by atoms with van der Waals surface area (Å²) in [6, 6.07) is 5.15. The van der Waals surface area contributed by atoms with Crippen LogP contribution in [0.4, 0.5) is 0 Å². The van der Waals surface area contributed by atoms with Gasteiger partial charge in [0.1, 0.15) is 11.3 Å². The van der Waals surface area contributed by atoms with E-state index in [1.165, 1.54) is 0 Å². The number of carboxylic acids is 1. The van der Waals surface area contributed by atoms with Gasteiger partial charge in [-0.2, -0.15) is 0 Å². The summed E-state index contributed by atoms with van der Waals surface area (Å²) < 4.78 is 5.71. The molecule has 1 N–H and O–H groups in total. The zero-order valence-electron chi connectivity index (χ0n) is 9.99. The minimum absolute atomic E-state index is 0.0832. The molecule has 0 fully saturated rings. The number of hydrogen-bond acceptors (Lipinski definition) is 2. The predicted molar refractivity (Wildman–Crippen MR) is 63.1 cm³/mol. The Morgan fingerprint density at radius 3 is 2.50 bits per heavy atom. The van der Waals surface area contributed by atoms with Gasteiger partial charge in [0.05, 0.1) is 6.10 Å². The van der Waals surface area contributed by atoms with E-state index >= 15 is 0 Å². The molecule has 1 rings (SSSR count). The fourth-order valence-electron chi connectivity index (χ4n) is 1.54. The highest BCUT2D eigenvalue weighted by molar-refractivity contribution is 5.90. The van der Waals surface area contributed by atoms with Crippen LogP contribution >= 0.6 is 0 Å². The fraction of sp³-hybridized carbons (Fsp3) is 0.462. The maximum Gasteiger partial charge on any atom is 0.339 e. The molecule has 0 heterocycles. The zero-order valence-corrected chi connectivity index (χ0v) is 9.99. The number of aromatic carboxylic acids is 1. The minimum Gasteiger partial charge on any atom is -0.490 e. The third-order valence-electron chi connectivity index (χ3n) is 2.57. The highest BCUT2D eigenvalue weighted by Crippen LogP contribution is 2.23. The number of rotatable bonds is 5. The van der Waals surface area contributed by atoms with E-state index in [1.54, 1.807) is 18.2 Å². The smallest absolute Gasteiger partial charge is 0.339 e. The van der Waals surface area contributed by atoms with Crippen LogP contribution in [0.3, 0.4) is 0 Å². The van der Waals surface area contributed by atoms with Gasteiger partial charge < -0.3 is 9.84 Å². The van der Waals surface area contributed by atoms with E-state index in [9.17, 15) is 4.79 Å². The van der Waals surface area contributed by atoms with Crippen LogP contribution < -0.4 is 4.74 Å². The van der Waals surface area contributed by atoms with Crippen molar-refractivity contribution in [2.24, 2.45) is 0 Å². The SMILES string of the molecule is CCC(CC)Oc1cc(C)ccc1C(=O)O.